The second kappa shape index (κ2) is 7.24. The van der Waals surface area contributed by atoms with Gasteiger partial charge in [0, 0.05) is 18.0 Å². The third-order valence-electron chi connectivity index (χ3n) is 4.37. The lowest BCUT2D eigenvalue weighted by molar-refractivity contribution is 0.0535. The number of hydrogen-bond acceptors (Lipinski definition) is 3. The molecule has 2 N–H and O–H groups in total. The standard InChI is InChI=1S/C22H25NO3/c1-22(2,3)26-21(25)23-14-17-12-16(15-8-5-4-6-9-15)13-19-18(17)10-7-11-20(19)24/h4-12,16,24H,13-14H2,1-3H3,(H,23,25). The summed E-state index contributed by atoms with van der Waals surface area (Å²) in [6.45, 7) is 5.87. The molecular formula is C22H25NO3. The largest absolute Gasteiger partial charge is 0.508 e. The number of carbonyl (C=O) groups is 1. The Hall–Kier alpha value is -2.75. The number of phenols is 1. The van der Waals surface area contributed by atoms with Gasteiger partial charge in [-0.15, -0.1) is 0 Å². The van der Waals surface area contributed by atoms with Gasteiger partial charge in [-0.3, -0.25) is 0 Å². The van der Waals surface area contributed by atoms with Gasteiger partial charge in [0.1, 0.15) is 11.4 Å². The van der Waals surface area contributed by atoms with Gasteiger partial charge < -0.3 is 15.2 Å². The summed E-state index contributed by atoms with van der Waals surface area (Å²) in [6.07, 6.45) is 2.47. The van der Waals surface area contributed by atoms with Gasteiger partial charge >= 0.3 is 6.09 Å². The molecule has 0 bridgehead atoms. The van der Waals surface area contributed by atoms with Gasteiger partial charge in [0.15, 0.2) is 0 Å². The molecule has 0 aromatic heterocycles. The Balaban J connectivity index is 1.86. The minimum atomic E-state index is -0.534. The Bertz CT molecular complexity index is 819. The first kappa shape index (κ1) is 18.1. The number of rotatable bonds is 3. The smallest absolute Gasteiger partial charge is 0.407 e. The minimum Gasteiger partial charge on any atom is -0.508 e. The predicted octanol–water partition coefficient (Wildman–Crippen LogP) is 4.64. The van der Waals surface area contributed by atoms with Crippen LogP contribution in [-0.4, -0.2) is 23.3 Å². The summed E-state index contributed by atoms with van der Waals surface area (Å²) in [7, 11) is 0. The fourth-order valence-electron chi connectivity index (χ4n) is 3.25. The second-order valence-electron chi connectivity index (χ2n) is 7.57. The molecule has 0 radical (unpaired) electrons. The van der Waals surface area contributed by atoms with Crippen molar-refractivity contribution in [3.8, 4) is 5.75 Å². The summed E-state index contributed by atoms with van der Waals surface area (Å²) in [5, 5.41) is 13.2. The van der Waals surface area contributed by atoms with Crippen molar-refractivity contribution in [1.29, 1.82) is 0 Å². The summed E-state index contributed by atoms with van der Waals surface area (Å²) in [4.78, 5) is 12.0. The van der Waals surface area contributed by atoms with Gasteiger partial charge in [0.25, 0.3) is 0 Å². The molecule has 1 unspecified atom stereocenters. The summed E-state index contributed by atoms with van der Waals surface area (Å²) in [5.74, 6) is 0.457. The number of carbonyl (C=O) groups excluding carboxylic acids is 1. The van der Waals surface area contributed by atoms with Gasteiger partial charge in [-0.25, -0.2) is 4.79 Å². The number of aromatic hydroxyl groups is 1. The van der Waals surface area contributed by atoms with Gasteiger partial charge in [-0.1, -0.05) is 48.5 Å². The maximum atomic E-state index is 12.0. The average Bonchev–Trinajstić information content (AvgIpc) is 2.59. The van der Waals surface area contributed by atoms with E-state index < -0.39 is 11.7 Å². The topological polar surface area (TPSA) is 58.6 Å². The molecule has 4 nitrogen and oxygen atoms in total. The van der Waals surface area contributed by atoms with Crippen LogP contribution in [0.4, 0.5) is 4.79 Å². The van der Waals surface area contributed by atoms with Crippen molar-refractivity contribution in [1.82, 2.24) is 5.32 Å². The van der Waals surface area contributed by atoms with Crippen LogP contribution in [0.3, 0.4) is 0 Å². The molecule has 1 atom stereocenters. The summed E-state index contributed by atoms with van der Waals surface area (Å²) in [6, 6.07) is 15.7. The molecule has 0 fully saturated rings. The van der Waals surface area contributed by atoms with E-state index in [4.69, 9.17) is 4.74 Å². The quantitative estimate of drug-likeness (QED) is 0.847. The highest BCUT2D eigenvalue weighted by atomic mass is 16.6. The van der Waals surface area contributed by atoms with Gasteiger partial charge in [-0.2, -0.15) is 0 Å². The molecule has 0 heterocycles. The highest BCUT2D eigenvalue weighted by Crippen LogP contribution is 2.38. The van der Waals surface area contributed by atoms with Crippen LogP contribution in [0.25, 0.3) is 5.57 Å². The van der Waals surface area contributed by atoms with Crippen molar-refractivity contribution in [3.63, 3.8) is 0 Å². The Kier molecular flexibility index (Phi) is 5.03. The first-order chi connectivity index (χ1) is 12.3. The van der Waals surface area contributed by atoms with Crippen LogP contribution in [0.2, 0.25) is 0 Å². The monoisotopic (exact) mass is 351 g/mol. The van der Waals surface area contributed by atoms with Crippen molar-refractivity contribution in [2.24, 2.45) is 0 Å². The molecule has 2 aromatic rings. The van der Waals surface area contributed by atoms with Crippen molar-refractivity contribution in [2.45, 2.75) is 38.7 Å². The van der Waals surface area contributed by atoms with E-state index in [2.05, 4.69) is 23.5 Å². The fourth-order valence-corrected chi connectivity index (χ4v) is 3.25. The lowest BCUT2D eigenvalue weighted by atomic mass is 9.81. The normalized spacial score (nSPS) is 16.4. The molecule has 0 aliphatic heterocycles. The van der Waals surface area contributed by atoms with Crippen molar-refractivity contribution in [2.75, 3.05) is 6.54 Å². The third-order valence-corrected chi connectivity index (χ3v) is 4.37. The minimum absolute atomic E-state index is 0.160. The highest BCUT2D eigenvalue weighted by molar-refractivity contribution is 5.78. The molecule has 1 aliphatic carbocycles. The Morgan fingerprint density at radius 3 is 2.58 bits per heavy atom. The Morgan fingerprint density at radius 1 is 1.15 bits per heavy atom. The summed E-state index contributed by atoms with van der Waals surface area (Å²) in [5.41, 5.74) is 3.55. The summed E-state index contributed by atoms with van der Waals surface area (Å²) >= 11 is 0. The van der Waals surface area contributed by atoms with Crippen LogP contribution >= 0.6 is 0 Å². The lowest BCUT2D eigenvalue weighted by Crippen LogP contribution is -2.33. The zero-order valence-electron chi connectivity index (χ0n) is 15.5. The van der Waals surface area contributed by atoms with Crippen LogP contribution in [0, 0.1) is 0 Å². The van der Waals surface area contributed by atoms with E-state index in [-0.39, 0.29) is 5.92 Å². The molecular weight excluding hydrogens is 326 g/mol. The molecule has 4 heteroatoms. The zero-order valence-corrected chi connectivity index (χ0v) is 15.5. The van der Waals surface area contributed by atoms with E-state index in [0.29, 0.717) is 12.3 Å². The maximum absolute atomic E-state index is 12.0. The van der Waals surface area contributed by atoms with E-state index in [9.17, 15) is 9.90 Å². The molecule has 3 rings (SSSR count). The number of phenolic OH excluding ortho intramolecular Hbond substituents is 1. The van der Waals surface area contributed by atoms with E-state index in [0.717, 1.165) is 23.1 Å². The van der Waals surface area contributed by atoms with Crippen LogP contribution in [-0.2, 0) is 11.2 Å². The van der Waals surface area contributed by atoms with Crippen LogP contribution in [0.5, 0.6) is 5.75 Å². The number of fused-ring (bicyclic) bond motifs is 1. The molecule has 136 valence electrons. The predicted molar refractivity (Wildman–Crippen MR) is 103 cm³/mol. The van der Waals surface area contributed by atoms with E-state index >= 15 is 0 Å². The molecule has 1 amide bonds. The van der Waals surface area contributed by atoms with Crippen LogP contribution < -0.4 is 5.32 Å². The molecule has 0 saturated carbocycles. The molecule has 26 heavy (non-hydrogen) atoms. The molecule has 1 aliphatic rings. The van der Waals surface area contributed by atoms with Gasteiger partial charge in [0.05, 0.1) is 0 Å². The number of ether oxygens (including phenoxy) is 1. The number of benzene rings is 2. The Labute approximate surface area is 154 Å². The second-order valence-corrected chi connectivity index (χ2v) is 7.57. The Morgan fingerprint density at radius 2 is 1.88 bits per heavy atom. The van der Waals surface area contributed by atoms with Crippen molar-refractivity contribution >= 4 is 11.7 Å². The first-order valence-corrected chi connectivity index (χ1v) is 8.87. The van der Waals surface area contributed by atoms with Crippen LogP contribution in [0.15, 0.2) is 54.6 Å². The molecule has 0 spiro atoms. The maximum Gasteiger partial charge on any atom is 0.407 e. The average molecular weight is 351 g/mol. The van der Waals surface area contributed by atoms with Gasteiger partial charge in [-0.05, 0) is 50.0 Å². The number of alkyl carbamates (subject to hydrolysis) is 1. The fraction of sp³-hybridized carbons (Fsp3) is 0.318. The number of hydrogen-bond donors (Lipinski definition) is 2. The molecule has 0 saturated heterocycles. The highest BCUT2D eigenvalue weighted by Gasteiger charge is 2.24. The van der Waals surface area contributed by atoms with Gasteiger partial charge in [0.2, 0.25) is 0 Å². The van der Waals surface area contributed by atoms with E-state index in [1.165, 1.54) is 5.56 Å². The van der Waals surface area contributed by atoms with Crippen LogP contribution in [0.1, 0.15) is 43.4 Å². The number of amides is 1. The van der Waals surface area contributed by atoms with E-state index in [1.54, 1.807) is 6.07 Å². The molecule has 2 aromatic carbocycles. The first-order valence-electron chi connectivity index (χ1n) is 8.87. The zero-order chi connectivity index (χ0) is 18.7. The number of allylic oxidation sites excluding steroid dienone is 1. The third kappa shape index (κ3) is 4.26. The number of nitrogens with one attached hydrogen (secondary N) is 1. The lowest BCUT2D eigenvalue weighted by Gasteiger charge is -2.26. The van der Waals surface area contributed by atoms with Crippen molar-refractivity contribution in [3.05, 3.63) is 71.3 Å². The van der Waals surface area contributed by atoms with E-state index in [1.807, 2.05) is 51.1 Å². The summed E-state index contributed by atoms with van der Waals surface area (Å²) < 4.78 is 5.33. The SMILES string of the molecule is CC(C)(C)OC(=O)NCC1=CC(c2ccccc2)Cc2c(O)cccc21. The van der Waals surface area contributed by atoms with Crippen molar-refractivity contribution < 1.29 is 14.6 Å².